The molecule has 3 aromatic rings. The van der Waals surface area contributed by atoms with Crippen molar-refractivity contribution in [1.29, 1.82) is 0 Å². The first-order valence-electron chi connectivity index (χ1n) is 22.4. The highest BCUT2D eigenvalue weighted by Crippen LogP contribution is 2.41. The van der Waals surface area contributed by atoms with E-state index in [1.165, 1.54) is 13.2 Å². The van der Waals surface area contributed by atoms with E-state index in [0.717, 1.165) is 31.5 Å². The summed E-state index contributed by atoms with van der Waals surface area (Å²) < 4.78 is 21.0. The fraction of sp³-hybridized carbons (Fsp3) is 0.543. The summed E-state index contributed by atoms with van der Waals surface area (Å²) in [5.41, 5.74) is 1.85. The maximum atomic E-state index is 15.2. The molecule has 63 heavy (non-hydrogen) atoms. The third-order valence-corrected chi connectivity index (χ3v) is 13.9. The summed E-state index contributed by atoms with van der Waals surface area (Å²) in [5, 5.41) is 18.9. The van der Waals surface area contributed by atoms with Crippen molar-refractivity contribution in [1.82, 2.24) is 25.5 Å². The van der Waals surface area contributed by atoms with Crippen molar-refractivity contribution >= 4 is 58.4 Å². The van der Waals surface area contributed by atoms with Crippen LogP contribution in [-0.2, 0) is 19.2 Å². The molecule has 0 radical (unpaired) electrons. The number of nitrogens with one attached hydrogen (secondary N) is 3. The number of likely N-dealkylation sites (N-methyl/N-ethyl adjacent to an activating group) is 1. The number of carbonyl (C=O) groups is 5. The van der Waals surface area contributed by atoms with E-state index in [2.05, 4.69) is 25.8 Å². The number of aliphatic hydroxyl groups excluding tert-OH is 1. The molecule has 5 aliphatic rings. The van der Waals surface area contributed by atoms with Gasteiger partial charge in [0, 0.05) is 80.6 Å². The Kier molecular flexibility index (Phi) is 12.8. The zero-order chi connectivity index (χ0) is 44.4. The summed E-state index contributed by atoms with van der Waals surface area (Å²) in [5.74, 6) is -0.940. The van der Waals surface area contributed by atoms with Gasteiger partial charge >= 0.3 is 0 Å². The summed E-state index contributed by atoms with van der Waals surface area (Å²) >= 11 is 0. The van der Waals surface area contributed by atoms with Gasteiger partial charge in [0.2, 0.25) is 29.6 Å². The van der Waals surface area contributed by atoms with Gasteiger partial charge in [-0.1, -0.05) is 25.8 Å². The Morgan fingerprint density at radius 1 is 1.00 bits per heavy atom. The Labute approximate surface area is 366 Å². The van der Waals surface area contributed by atoms with E-state index in [-0.39, 0.29) is 66.6 Å². The number of methoxy groups -OCH3 is 1. The van der Waals surface area contributed by atoms with E-state index < -0.39 is 23.2 Å². The maximum Gasteiger partial charge on any atom is 0.251 e. The largest absolute Gasteiger partial charge is 0.495 e. The number of hydrogen-bond acceptors (Lipinski definition) is 12. The highest BCUT2D eigenvalue weighted by Gasteiger charge is 2.42. The molecule has 8 rings (SSSR count). The van der Waals surface area contributed by atoms with Crippen molar-refractivity contribution in [3.63, 3.8) is 0 Å². The van der Waals surface area contributed by atoms with Crippen molar-refractivity contribution in [3.05, 3.63) is 59.5 Å². The fourth-order valence-corrected chi connectivity index (χ4v) is 10.2. The lowest BCUT2D eigenvalue weighted by Gasteiger charge is -2.44. The number of ether oxygens (including phenoxy) is 1. The quantitative estimate of drug-likeness (QED) is 0.183. The highest BCUT2D eigenvalue weighted by molar-refractivity contribution is 6.04. The van der Waals surface area contributed by atoms with Crippen LogP contribution in [-0.4, -0.2) is 114 Å². The van der Waals surface area contributed by atoms with Crippen molar-refractivity contribution in [2.24, 2.45) is 5.92 Å². The number of benzene rings is 2. The third kappa shape index (κ3) is 8.89. The highest BCUT2D eigenvalue weighted by atomic mass is 19.1. The number of rotatable bonds is 12. The number of imide groups is 1. The lowest BCUT2D eigenvalue weighted by molar-refractivity contribution is -0.138. The Balaban J connectivity index is 0.873. The molecule has 0 spiro atoms. The summed E-state index contributed by atoms with van der Waals surface area (Å²) in [6.45, 7) is 3.90. The van der Waals surface area contributed by atoms with Crippen LogP contribution in [0.5, 0.6) is 5.75 Å². The molecule has 17 heteroatoms. The first kappa shape index (κ1) is 43.8. The van der Waals surface area contributed by atoms with E-state index >= 15 is 4.39 Å². The lowest BCUT2D eigenvalue weighted by atomic mass is 9.83. The molecule has 4 N–H and O–H groups in total. The Morgan fingerprint density at radius 3 is 2.41 bits per heavy atom. The van der Waals surface area contributed by atoms with Gasteiger partial charge in [0.15, 0.2) is 5.82 Å². The second-order valence-electron chi connectivity index (χ2n) is 17.6. The van der Waals surface area contributed by atoms with Gasteiger partial charge in [-0.05, 0) is 88.1 Å². The van der Waals surface area contributed by atoms with Crippen LogP contribution in [0.3, 0.4) is 0 Å². The van der Waals surface area contributed by atoms with Gasteiger partial charge in [-0.2, -0.15) is 4.98 Å². The van der Waals surface area contributed by atoms with Crippen molar-refractivity contribution < 1.29 is 38.2 Å². The normalized spacial score (nSPS) is 21.9. The topological polar surface area (TPSA) is 190 Å². The molecule has 4 aliphatic heterocycles. The minimum atomic E-state index is -0.715. The number of carbonyl (C=O) groups excluding carboxylic acids is 5. The number of amides is 5. The van der Waals surface area contributed by atoms with Crippen LogP contribution in [0.1, 0.15) is 106 Å². The molecule has 1 unspecified atom stereocenters. The molecule has 1 aromatic heterocycles. The molecular formula is C46H58FN9O7. The SMILES string of the molecule is CC[C@@H]1C(=O)N(C)c2cnc(Nc3ccc(C(=O)NC4(CCO)CCN(C(=O)C5CCN(c6ccc(C7CCC(=O)NC7=O)c(F)c6)CC5)CC4)cc3OC)nc2N1C1CCCC1. The molecule has 16 nitrogen and oxygen atoms in total. The molecule has 336 valence electrons. The lowest BCUT2D eigenvalue weighted by Crippen LogP contribution is -2.57. The summed E-state index contributed by atoms with van der Waals surface area (Å²) in [6, 6.07) is 9.88. The predicted molar refractivity (Wildman–Crippen MR) is 235 cm³/mol. The second-order valence-corrected chi connectivity index (χ2v) is 17.6. The Morgan fingerprint density at radius 2 is 1.75 bits per heavy atom. The van der Waals surface area contributed by atoms with Gasteiger partial charge < -0.3 is 40.1 Å². The van der Waals surface area contributed by atoms with Gasteiger partial charge in [0.1, 0.15) is 23.3 Å². The van der Waals surface area contributed by atoms with E-state index in [4.69, 9.17) is 9.72 Å². The minimum Gasteiger partial charge on any atom is -0.495 e. The van der Waals surface area contributed by atoms with Crippen LogP contribution in [0.2, 0.25) is 0 Å². The monoisotopic (exact) mass is 867 g/mol. The average Bonchev–Trinajstić information content (AvgIpc) is 3.83. The molecule has 1 saturated carbocycles. The maximum absolute atomic E-state index is 15.2. The number of piperidine rings is 3. The van der Waals surface area contributed by atoms with Crippen LogP contribution in [0.15, 0.2) is 42.6 Å². The molecule has 5 heterocycles. The number of hydrogen-bond donors (Lipinski definition) is 4. The number of aromatic nitrogens is 2. The smallest absolute Gasteiger partial charge is 0.251 e. The van der Waals surface area contributed by atoms with Crippen molar-refractivity contribution in [2.45, 2.75) is 108 Å². The summed E-state index contributed by atoms with van der Waals surface area (Å²) in [4.78, 5) is 82.1. The molecule has 2 aromatic carbocycles. The summed E-state index contributed by atoms with van der Waals surface area (Å²) in [6.07, 6.45) is 9.54. The van der Waals surface area contributed by atoms with Gasteiger partial charge in [-0.15, -0.1) is 0 Å². The van der Waals surface area contributed by atoms with Gasteiger partial charge in [-0.3, -0.25) is 29.3 Å². The van der Waals surface area contributed by atoms with Crippen LogP contribution in [0.4, 0.5) is 33.2 Å². The molecule has 1 aliphatic carbocycles. The van der Waals surface area contributed by atoms with Gasteiger partial charge in [0.05, 0.1) is 24.9 Å². The van der Waals surface area contributed by atoms with E-state index in [9.17, 15) is 29.1 Å². The molecule has 2 atom stereocenters. The van der Waals surface area contributed by atoms with Gasteiger partial charge in [0.25, 0.3) is 5.91 Å². The third-order valence-electron chi connectivity index (χ3n) is 13.9. The summed E-state index contributed by atoms with van der Waals surface area (Å²) in [7, 11) is 3.29. The molecule has 4 fully saturated rings. The number of fused-ring (bicyclic) bond motifs is 1. The van der Waals surface area contributed by atoms with E-state index in [1.54, 1.807) is 48.5 Å². The predicted octanol–water partition coefficient (Wildman–Crippen LogP) is 4.78. The zero-order valence-corrected chi connectivity index (χ0v) is 36.3. The van der Waals surface area contributed by atoms with Crippen LogP contribution in [0.25, 0.3) is 0 Å². The fourth-order valence-electron chi connectivity index (χ4n) is 10.2. The van der Waals surface area contributed by atoms with Gasteiger partial charge in [-0.25, -0.2) is 9.37 Å². The number of halogens is 1. The minimum absolute atomic E-state index is 0.0416. The standard InChI is InChI=1S/C46H58FN9O7/c1-4-36-44(62)53(2)37-27-48-45(51-40(37)56(36)30-7-5-6-8-30)49-35-13-9-29(25-38(35)63-3)41(59)52-46(19-24-57)17-22-55(23-18-46)43(61)28-15-20-54(21-16-28)31-10-11-32(34(47)26-31)33-12-14-39(58)50-42(33)60/h9-11,13,25-28,30,33,36,57H,4-8,12,14-24H2,1-3H3,(H,52,59)(H,48,49,51)(H,50,58,60)/t33?,36-/m1/s1. The van der Waals surface area contributed by atoms with Crippen LogP contribution in [0, 0.1) is 11.7 Å². The average molecular weight is 868 g/mol. The van der Waals surface area contributed by atoms with Crippen LogP contribution >= 0.6 is 0 Å². The molecular weight excluding hydrogens is 810 g/mol. The van der Waals surface area contributed by atoms with E-state index in [0.29, 0.717) is 99.0 Å². The Hall–Kier alpha value is -5.84. The van der Waals surface area contributed by atoms with Crippen molar-refractivity contribution in [3.8, 4) is 5.75 Å². The van der Waals surface area contributed by atoms with Crippen molar-refractivity contribution in [2.75, 3.05) is 67.0 Å². The van der Waals surface area contributed by atoms with E-state index in [1.807, 2.05) is 16.7 Å². The molecule has 3 saturated heterocycles. The molecule has 5 amide bonds. The van der Waals surface area contributed by atoms with Crippen LogP contribution < -0.4 is 35.4 Å². The number of anilines is 5. The number of likely N-dealkylation sites (tertiary alicyclic amines) is 1. The first-order chi connectivity index (χ1) is 30.4. The first-order valence-corrected chi connectivity index (χ1v) is 22.4. The Bertz CT molecular complexity index is 2240. The second kappa shape index (κ2) is 18.5. The number of aliphatic hydroxyl groups is 1. The zero-order valence-electron chi connectivity index (χ0n) is 36.3. The number of nitrogens with zero attached hydrogens (tertiary/aromatic N) is 6. The molecule has 0 bridgehead atoms.